The highest BCUT2D eigenvalue weighted by Gasteiger charge is 2.39. The number of nitrogens with one attached hydrogen (secondary N) is 1. The summed E-state index contributed by atoms with van der Waals surface area (Å²) in [4.78, 5) is 29.6. The van der Waals surface area contributed by atoms with Crippen molar-refractivity contribution < 1.29 is 22.9 Å². The molecule has 0 saturated heterocycles. The molecule has 1 amide bonds. The third-order valence-electron chi connectivity index (χ3n) is 10.9. The van der Waals surface area contributed by atoms with E-state index in [1.807, 2.05) is 52.8 Å². The number of hydrogen-bond donors (Lipinski definition) is 1. The number of imidazole rings is 1. The molecule has 2 atom stereocenters. The van der Waals surface area contributed by atoms with Crippen molar-refractivity contribution in [2.45, 2.75) is 105 Å². The van der Waals surface area contributed by atoms with Crippen molar-refractivity contribution in [3.8, 4) is 17.2 Å². The molecule has 4 aromatic rings. The largest absolute Gasteiger partial charge is 0.444 e. The molecule has 0 saturated carbocycles. The molecular formula is C40H58FN6O5PSi. The number of halogens is 1. The minimum atomic E-state index is -2.84. The first-order valence-electron chi connectivity index (χ1n) is 18.8. The van der Waals surface area contributed by atoms with Crippen LogP contribution in [0.25, 0.3) is 17.2 Å². The Balaban J connectivity index is 1.59. The van der Waals surface area contributed by atoms with E-state index in [-0.39, 0.29) is 16.5 Å². The molecule has 0 bridgehead atoms. The molecule has 1 aliphatic rings. The number of fused-ring (bicyclic) bond motifs is 1. The molecule has 1 N–H and O–H groups in total. The summed E-state index contributed by atoms with van der Waals surface area (Å²) in [5.74, 6) is 0.159. The number of amides is 1. The minimum Gasteiger partial charge on any atom is -0.444 e. The zero-order valence-corrected chi connectivity index (χ0v) is 36.2. The second-order valence-electron chi connectivity index (χ2n) is 16.9. The Morgan fingerprint density at radius 2 is 1.67 bits per heavy atom. The van der Waals surface area contributed by atoms with Crippen LogP contribution in [0.4, 0.5) is 14.9 Å². The number of hydrogen-bond acceptors (Lipinski definition) is 7. The summed E-state index contributed by atoms with van der Waals surface area (Å²) in [5.41, 5.74) is 3.17. The average Bonchev–Trinajstić information content (AvgIpc) is 3.65. The Labute approximate surface area is 320 Å². The topological polar surface area (TPSA) is 113 Å². The van der Waals surface area contributed by atoms with Crippen LogP contribution in [0, 0.1) is 19.7 Å². The van der Waals surface area contributed by atoms with Crippen LogP contribution in [-0.2, 0) is 20.1 Å². The average molecular weight is 781 g/mol. The van der Waals surface area contributed by atoms with Crippen molar-refractivity contribution in [2.24, 2.45) is 0 Å². The van der Waals surface area contributed by atoms with Crippen molar-refractivity contribution in [1.82, 2.24) is 23.8 Å². The lowest BCUT2D eigenvalue weighted by molar-refractivity contribution is 0.0159. The van der Waals surface area contributed by atoms with Crippen LogP contribution in [0.3, 0.4) is 0 Å². The standard InChI is InChI=1S/C40H58FN6O5PSi/c1-14-53(50,22-21-51-54(12,13)40(8,9)10)33-16-15-29(25-32(33)42-11)45-19-20-46(37(45)48)36-34-28(4)44(38(49)52-39(5,6)7)18-17-31(34)43-47(36)30-23-26(2)35(41)27(3)24-30/h15-16,19-20,23-25,28,42H,14,17-18,21-22H2,1-13H3/t28-,53?/m0/s1. The van der Waals surface area contributed by atoms with Gasteiger partial charge in [0.25, 0.3) is 0 Å². The fourth-order valence-corrected chi connectivity index (χ4v) is 10.2. The molecular weight excluding hydrogens is 723 g/mol. The maximum atomic E-state index is 14.8. The number of rotatable bonds is 10. The van der Waals surface area contributed by atoms with E-state index < -0.39 is 33.2 Å². The van der Waals surface area contributed by atoms with Crippen LogP contribution >= 0.6 is 7.14 Å². The molecule has 5 rings (SSSR count). The van der Waals surface area contributed by atoms with Crippen molar-refractivity contribution in [1.29, 1.82) is 0 Å². The van der Waals surface area contributed by atoms with Crippen LogP contribution < -0.4 is 16.3 Å². The van der Waals surface area contributed by atoms with Crippen LogP contribution in [0.1, 0.15) is 83.8 Å². The predicted octanol–water partition coefficient (Wildman–Crippen LogP) is 8.50. The summed E-state index contributed by atoms with van der Waals surface area (Å²) < 4.78 is 46.2. The molecule has 0 fully saturated rings. The molecule has 11 nitrogen and oxygen atoms in total. The van der Waals surface area contributed by atoms with Gasteiger partial charge in [-0.05, 0) is 101 Å². The van der Waals surface area contributed by atoms with Gasteiger partial charge in [-0.2, -0.15) is 5.10 Å². The normalized spacial score (nSPS) is 16.3. The summed E-state index contributed by atoms with van der Waals surface area (Å²) in [7, 11) is -3.06. The number of carbonyl (C=O) groups excluding carboxylic acids is 1. The molecule has 54 heavy (non-hydrogen) atoms. The summed E-state index contributed by atoms with van der Waals surface area (Å²) in [6.45, 7) is 24.5. The van der Waals surface area contributed by atoms with E-state index in [4.69, 9.17) is 14.3 Å². The van der Waals surface area contributed by atoms with Gasteiger partial charge in [0.1, 0.15) is 24.4 Å². The molecule has 2 aromatic heterocycles. The molecule has 2 aromatic carbocycles. The van der Waals surface area contributed by atoms with Crippen molar-refractivity contribution in [3.05, 3.63) is 81.4 Å². The zero-order chi connectivity index (χ0) is 40.1. The maximum absolute atomic E-state index is 14.8. The molecule has 1 aliphatic heterocycles. The molecule has 14 heteroatoms. The van der Waals surface area contributed by atoms with Crippen molar-refractivity contribution in [2.75, 3.05) is 37.8 Å². The molecule has 294 valence electrons. The van der Waals surface area contributed by atoms with Crippen LogP contribution in [-0.4, -0.2) is 76.3 Å². The monoisotopic (exact) mass is 780 g/mol. The first-order valence-corrected chi connectivity index (χ1v) is 23.8. The van der Waals surface area contributed by atoms with Gasteiger partial charge in [0.2, 0.25) is 0 Å². The fraction of sp³-hybridized carbons (Fsp3) is 0.525. The van der Waals surface area contributed by atoms with Gasteiger partial charge < -0.3 is 23.9 Å². The van der Waals surface area contributed by atoms with Gasteiger partial charge in [0, 0.05) is 67.9 Å². The van der Waals surface area contributed by atoms with Gasteiger partial charge in [-0.25, -0.2) is 18.7 Å². The summed E-state index contributed by atoms with van der Waals surface area (Å²) in [5, 5.41) is 8.99. The van der Waals surface area contributed by atoms with E-state index in [1.54, 1.807) is 55.0 Å². The maximum Gasteiger partial charge on any atom is 0.410 e. The quantitative estimate of drug-likeness (QED) is 0.127. The summed E-state index contributed by atoms with van der Waals surface area (Å²) in [6.07, 6.45) is 4.27. The summed E-state index contributed by atoms with van der Waals surface area (Å²) >= 11 is 0. The third kappa shape index (κ3) is 7.90. The molecule has 0 spiro atoms. The highest BCUT2D eigenvalue weighted by atomic mass is 31.2. The zero-order valence-electron chi connectivity index (χ0n) is 34.3. The molecule has 0 aliphatic carbocycles. The molecule has 0 radical (unpaired) electrons. The van der Waals surface area contributed by atoms with Crippen molar-refractivity contribution >= 4 is 32.5 Å². The Morgan fingerprint density at radius 1 is 1.04 bits per heavy atom. The Morgan fingerprint density at radius 3 is 2.24 bits per heavy atom. The molecule has 3 heterocycles. The fourth-order valence-electron chi connectivity index (χ4n) is 6.76. The van der Waals surface area contributed by atoms with Gasteiger partial charge in [0.15, 0.2) is 8.32 Å². The first-order chi connectivity index (χ1) is 25.0. The van der Waals surface area contributed by atoms with Gasteiger partial charge in [-0.15, -0.1) is 0 Å². The third-order valence-corrected chi connectivity index (χ3v) is 18.7. The lowest BCUT2D eigenvalue weighted by Crippen LogP contribution is -2.42. The Bertz CT molecular complexity index is 2130. The van der Waals surface area contributed by atoms with E-state index in [9.17, 15) is 18.5 Å². The van der Waals surface area contributed by atoms with Crippen LogP contribution in [0.2, 0.25) is 18.1 Å². The lowest BCUT2D eigenvalue weighted by atomic mass is 10.00. The number of nitrogens with zero attached hydrogens (tertiary/aromatic N) is 5. The predicted molar refractivity (Wildman–Crippen MR) is 218 cm³/mol. The van der Waals surface area contributed by atoms with Gasteiger partial charge in [0.05, 0.1) is 23.1 Å². The van der Waals surface area contributed by atoms with Crippen LogP contribution in [0.5, 0.6) is 0 Å². The number of aryl methyl sites for hydroxylation is 2. The second-order valence-corrected chi connectivity index (χ2v) is 25.0. The first kappa shape index (κ1) is 41.2. The Hall–Kier alpha value is -3.93. The van der Waals surface area contributed by atoms with Gasteiger partial charge in [-0.3, -0.25) is 9.13 Å². The highest BCUT2D eigenvalue weighted by molar-refractivity contribution is 7.71. The number of anilines is 1. The van der Waals surface area contributed by atoms with E-state index in [0.29, 0.717) is 71.5 Å². The Kier molecular flexibility index (Phi) is 11.4. The smallest absolute Gasteiger partial charge is 0.410 e. The van der Waals surface area contributed by atoms with Gasteiger partial charge in [-0.1, -0.05) is 27.7 Å². The number of aromatic nitrogens is 4. The SMILES string of the molecule is CCP(=O)(CCO[Si](C)(C)C(C)(C)C)c1ccc(-n2ccn(-c3c4c(nn3-c3cc(C)c(F)c(C)c3)CCN(C(=O)OC(C)(C)C)[C@H]4C)c2=O)cc1NC. The van der Waals surface area contributed by atoms with Crippen molar-refractivity contribution in [3.63, 3.8) is 0 Å². The van der Waals surface area contributed by atoms with E-state index in [2.05, 4.69) is 39.2 Å². The molecule has 1 unspecified atom stereocenters. The minimum absolute atomic E-state index is 0.0497. The summed E-state index contributed by atoms with van der Waals surface area (Å²) in [6, 6.07) is 8.48. The number of ether oxygens (including phenoxy) is 1. The van der Waals surface area contributed by atoms with E-state index in [0.717, 1.165) is 11.0 Å². The lowest BCUT2D eigenvalue weighted by Gasteiger charge is -2.36. The van der Waals surface area contributed by atoms with Crippen LogP contribution in [0.15, 0.2) is 47.5 Å². The second kappa shape index (κ2) is 15.0. The number of benzene rings is 2. The highest BCUT2D eigenvalue weighted by Crippen LogP contribution is 2.47. The van der Waals surface area contributed by atoms with E-state index >= 15 is 0 Å². The van der Waals surface area contributed by atoms with Gasteiger partial charge >= 0.3 is 11.8 Å². The number of carbonyl (C=O) groups is 1. The van der Waals surface area contributed by atoms with E-state index in [1.165, 1.54) is 9.13 Å².